The Bertz CT molecular complexity index is 942. The number of hydrogen-bond donors (Lipinski definition) is 2. The highest BCUT2D eigenvalue weighted by atomic mass is 19.4. The van der Waals surface area contributed by atoms with Gasteiger partial charge in [0, 0.05) is 31.7 Å². The van der Waals surface area contributed by atoms with Gasteiger partial charge in [0.05, 0.1) is 22.5 Å². The van der Waals surface area contributed by atoms with Crippen LogP contribution in [0.15, 0.2) is 30.5 Å². The lowest BCUT2D eigenvalue weighted by molar-refractivity contribution is -0.141. The molecule has 2 aliphatic rings. The minimum atomic E-state index is -4.49. The third-order valence-corrected chi connectivity index (χ3v) is 6.55. The Labute approximate surface area is 174 Å². The Morgan fingerprint density at radius 3 is 2.70 bits per heavy atom. The molecule has 0 radical (unpaired) electrons. The first-order chi connectivity index (χ1) is 14.2. The molecule has 5 nitrogen and oxygen atoms in total. The molecule has 1 aromatic heterocycles. The van der Waals surface area contributed by atoms with Crippen molar-refractivity contribution in [1.82, 2.24) is 20.5 Å². The van der Waals surface area contributed by atoms with Gasteiger partial charge < -0.3 is 15.5 Å². The lowest BCUT2D eigenvalue weighted by Crippen LogP contribution is -2.59. The van der Waals surface area contributed by atoms with Crippen LogP contribution < -0.4 is 10.6 Å². The molecule has 2 N–H and O–H groups in total. The predicted molar refractivity (Wildman–Crippen MR) is 109 cm³/mol. The first-order valence-electron chi connectivity index (χ1n) is 10.4. The van der Waals surface area contributed by atoms with E-state index >= 15 is 0 Å². The highest BCUT2D eigenvalue weighted by Crippen LogP contribution is 2.43. The van der Waals surface area contributed by atoms with Gasteiger partial charge in [-0.1, -0.05) is 19.1 Å². The highest BCUT2D eigenvalue weighted by molar-refractivity contribution is 5.88. The molecule has 1 unspecified atom stereocenters. The van der Waals surface area contributed by atoms with Gasteiger partial charge in [-0.3, -0.25) is 9.78 Å². The van der Waals surface area contributed by atoms with Gasteiger partial charge in [0.1, 0.15) is 0 Å². The average molecular weight is 420 g/mol. The van der Waals surface area contributed by atoms with Crippen molar-refractivity contribution in [3.63, 3.8) is 0 Å². The lowest BCUT2D eigenvalue weighted by Gasteiger charge is -2.48. The van der Waals surface area contributed by atoms with Gasteiger partial charge in [-0.05, 0) is 49.5 Å². The topological polar surface area (TPSA) is 57.3 Å². The van der Waals surface area contributed by atoms with Crippen molar-refractivity contribution in [2.45, 2.75) is 31.5 Å². The molecule has 162 valence electrons. The van der Waals surface area contributed by atoms with Crippen LogP contribution in [-0.4, -0.2) is 49.0 Å². The Kier molecular flexibility index (Phi) is 5.48. The number of pyridine rings is 1. The summed E-state index contributed by atoms with van der Waals surface area (Å²) in [6.45, 7) is 4.85. The molecule has 4 rings (SSSR count). The Morgan fingerprint density at radius 2 is 2.03 bits per heavy atom. The second-order valence-corrected chi connectivity index (χ2v) is 8.62. The zero-order chi connectivity index (χ0) is 21.5. The van der Waals surface area contributed by atoms with E-state index in [2.05, 4.69) is 22.5 Å². The van der Waals surface area contributed by atoms with Crippen LogP contribution >= 0.6 is 0 Å². The monoisotopic (exact) mass is 420 g/mol. The summed E-state index contributed by atoms with van der Waals surface area (Å²) in [5.74, 6) is 0.195. The smallest absolute Gasteiger partial charge is 0.334 e. The number of carbonyl (C=O) groups is 1. The normalized spacial score (nSPS) is 27.4. The fourth-order valence-corrected chi connectivity index (χ4v) is 5.04. The van der Waals surface area contributed by atoms with Crippen LogP contribution in [0, 0.1) is 11.8 Å². The van der Waals surface area contributed by atoms with Crippen LogP contribution in [-0.2, 0) is 16.5 Å². The Hall–Kier alpha value is -2.19. The van der Waals surface area contributed by atoms with Crippen molar-refractivity contribution in [3.8, 4) is 0 Å². The van der Waals surface area contributed by atoms with E-state index in [1.165, 1.54) is 6.20 Å². The fraction of sp³-hybridized carbons (Fsp3) is 0.545. The van der Waals surface area contributed by atoms with Crippen molar-refractivity contribution < 1.29 is 18.0 Å². The van der Waals surface area contributed by atoms with Gasteiger partial charge >= 0.3 is 6.18 Å². The number of nitrogens with zero attached hydrogens (tertiary/aromatic N) is 2. The number of amides is 1. The molecule has 0 saturated carbocycles. The van der Waals surface area contributed by atoms with E-state index in [0.29, 0.717) is 24.9 Å². The molecule has 3 heterocycles. The molecule has 2 saturated heterocycles. The van der Waals surface area contributed by atoms with Crippen molar-refractivity contribution in [2.75, 3.05) is 33.2 Å². The highest BCUT2D eigenvalue weighted by Gasteiger charge is 2.46. The number of piperidine rings is 1. The van der Waals surface area contributed by atoms with Gasteiger partial charge in [0.2, 0.25) is 5.91 Å². The van der Waals surface area contributed by atoms with E-state index in [4.69, 9.17) is 0 Å². The van der Waals surface area contributed by atoms with Crippen LogP contribution in [0.4, 0.5) is 13.2 Å². The van der Waals surface area contributed by atoms with Gasteiger partial charge in [0.15, 0.2) is 0 Å². The van der Waals surface area contributed by atoms with Crippen molar-refractivity contribution >= 4 is 16.8 Å². The molecule has 0 spiro atoms. The molecule has 2 fully saturated rings. The van der Waals surface area contributed by atoms with Gasteiger partial charge in [0.25, 0.3) is 0 Å². The van der Waals surface area contributed by atoms with Gasteiger partial charge in [-0.2, -0.15) is 13.2 Å². The molecule has 8 heteroatoms. The van der Waals surface area contributed by atoms with E-state index < -0.39 is 17.3 Å². The Balaban J connectivity index is 1.88. The second-order valence-electron chi connectivity index (χ2n) is 8.62. The molecule has 2 aliphatic heterocycles. The number of fused-ring (bicyclic) bond motifs is 1. The number of benzene rings is 1. The number of rotatable bonds is 3. The maximum absolute atomic E-state index is 13.6. The Morgan fingerprint density at radius 1 is 1.23 bits per heavy atom. The quantitative estimate of drug-likeness (QED) is 0.801. The molecule has 1 amide bonds. The number of aromatic nitrogens is 1. The summed E-state index contributed by atoms with van der Waals surface area (Å²) in [5, 5.41) is 7.09. The van der Waals surface area contributed by atoms with Gasteiger partial charge in [-0.15, -0.1) is 0 Å². The number of halogens is 3. The van der Waals surface area contributed by atoms with E-state index in [-0.39, 0.29) is 23.3 Å². The minimum absolute atomic E-state index is 0.0350. The summed E-state index contributed by atoms with van der Waals surface area (Å²) in [6, 6.07) is 6.00. The van der Waals surface area contributed by atoms with E-state index in [9.17, 15) is 18.0 Å². The van der Waals surface area contributed by atoms with Crippen LogP contribution in [0.2, 0.25) is 0 Å². The van der Waals surface area contributed by atoms with Crippen molar-refractivity contribution in [2.24, 2.45) is 11.8 Å². The molecular weight excluding hydrogens is 393 g/mol. The number of alkyl halides is 3. The SMILES string of the molecule is C[C@@H]1CNC[C@@](c2ccc(C(F)(F)F)c3ncccc23)(N(C)C(=O)C2CCNC2)C1. The summed E-state index contributed by atoms with van der Waals surface area (Å²) >= 11 is 0. The van der Waals surface area contributed by atoms with Crippen LogP contribution in [0.1, 0.15) is 30.9 Å². The minimum Gasteiger partial charge on any atom is -0.334 e. The zero-order valence-electron chi connectivity index (χ0n) is 17.2. The summed E-state index contributed by atoms with van der Waals surface area (Å²) in [7, 11) is 1.79. The van der Waals surface area contributed by atoms with Crippen molar-refractivity contribution in [3.05, 3.63) is 41.6 Å². The standard InChI is InChI=1S/C22H27F3N4O/c1-14-10-21(13-27-11-14,29(2)20(30)15-7-9-26-12-15)17-5-6-18(22(23,24)25)19-16(17)4-3-8-28-19/h3-6,8,14-15,26-27H,7,9-13H2,1-2H3/t14-,15?,21-/m0/s1. The number of hydrogen-bond acceptors (Lipinski definition) is 4. The lowest BCUT2D eigenvalue weighted by atomic mass is 9.75. The summed E-state index contributed by atoms with van der Waals surface area (Å²) in [6.07, 6.45) is -1.65. The summed E-state index contributed by atoms with van der Waals surface area (Å²) < 4.78 is 40.8. The summed E-state index contributed by atoms with van der Waals surface area (Å²) in [5.41, 5.74) is -0.825. The predicted octanol–water partition coefficient (Wildman–Crippen LogP) is 3.15. The van der Waals surface area contributed by atoms with Crippen LogP contribution in [0.5, 0.6) is 0 Å². The maximum Gasteiger partial charge on any atom is 0.418 e. The van der Waals surface area contributed by atoms with E-state index in [0.717, 1.165) is 31.1 Å². The molecule has 0 aliphatic carbocycles. The molecule has 2 aromatic rings. The molecular formula is C22H27F3N4O. The molecule has 0 bridgehead atoms. The first kappa shape index (κ1) is 21.1. The molecule has 1 aromatic carbocycles. The molecule has 3 atom stereocenters. The van der Waals surface area contributed by atoms with Crippen LogP contribution in [0.3, 0.4) is 0 Å². The largest absolute Gasteiger partial charge is 0.418 e. The van der Waals surface area contributed by atoms with Crippen LogP contribution in [0.25, 0.3) is 10.9 Å². The van der Waals surface area contributed by atoms with E-state index in [1.54, 1.807) is 30.1 Å². The maximum atomic E-state index is 13.6. The number of carbonyl (C=O) groups excluding carboxylic acids is 1. The third-order valence-electron chi connectivity index (χ3n) is 6.55. The second kappa shape index (κ2) is 7.81. The third kappa shape index (κ3) is 3.56. The summed E-state index contributed by atoms with van der Waals surface area (Å²) in [4.78, 5) is 19.2. The van der Waals surface area contributed by atoms with Gasteiger partial charge in [-0.25, -0.2) is 0 Å². The zero-order valence-corrected chi connectivity index (χ0v) is 17.2. The average Bonchev–Trinajstić information content (AvgIpc) is 3.26. The fourth-order valence-electron chi connectivity index (χ4n) is 5.04. The molecule has 30 heavy (non-hydrogen) atoms. The number of likely N-dealkylation sites (N-methyl/N-ethyl adjacent to an activating group) is 1. The van der Waals surface area contributed by atoms with Crippen molar-refractivity contribution in [1.29, 1.82) is 0 Å². The van der Waals surface area contributed by atoms with E-state index in [1.807, 2.05) is 0 Å². The number of nitrogens with one attached hydrogen (secondary N) is 2. The first-order valence-corrected chi connectivity index (χ1v) is 10.4.